The van der Waals surface area contributed by atoms with Gasteiger partial charge in [0.15, 0.2) is 0 Å². The number of rotatable bonds is 4. The molecule has 0 spiro atoms. The average molecular weight is 292 g/mol. The van der Waals surface area contributed by atoms with Crippen molar-refractivity contribution < 1.29 is 8.42 Å². The van der Waals surface area contributed by atoms with E-state index in [0.29, 0.717) is 5.69 Å². The lowest BCUT2D eigenvalue weighted by Crippen LogP contribution is -2.17. The first kappa shape index (κ1) is 14.1. The number of benzene rings is 1. The van der Waals surface area contributed by atoms with Gasteiger partial charge in [-0.25, -0.2) is 13.4 Å². The molecule has 0 aliphatic rings. The minimum absolute atomic E-state index is 0.0697. The standard InChI is InChI=1S/C13H16N4O2S/c1-17(2)12-6-4-3-5-11(12)16-20(18,19)10-7-8-13(14)15-9-10/h3-9,16H,1-2H3,(H2,14,15). The highest BCUT2D eigenvalue weighted by atomic mass is 32.2. The van der Waals surface area contributed by atoms with Gasteiger partial charge in [0.1, 0.15) is 10.7 Å². The van der Waals surface area contributed by atoms with Gasteiger partial charge in [0, 0.05) is 20.3 Å². The molecule has 0 radical (unpaired) electrons. The van der Waals surface area contributed by atoms with E-state index in [4.69, 9.17) is 5.73 Å². The second-order valence-corrected chi connectivity index (χ2v) is 6.12. The predicted molar refractivity (Wildman–Crippen MR) is 80.2 cm³/mol. The Kier molecular flexibility index (Phi) is 3.80. The molecule has 0 bridgehead atoms. The smallest absolute Gasteiger partial charge is 0.263 e. The Morgan fingerprint density at radius 1 is 1.15 bits per heavy atom. The van der Waals surface area contributed by atoms with E-state index >= 15 is 0 Å². The van der Waals surface area contributed by atoms with Crippen LogP contribution in [0.1, 0.15) is 0 Å². The van der Waals surface area contributed by atoms with E-state index in [2.05, 4.69) is 9.71 Å². The number of pyridine rings is 1. The molecule has 106 valence electrons. The van der Waals surface area contributed by atoms with E-state index in [1.54, 1.807) is 12.1 Å². The first-order chi connectivity index (χ1) is 9.40. The van der Waals surface area contributed by atoms with Crippen LogP contribution in [-0.2, 0) is 10.0 Å². The van der Waals surface area contributed by atoms with Gasteiger partial charge in [-0.2, -0.15) is 0 Å². The summed E-state index contributed by atoms with van der Waals surface area (Å²) in [6, 6.07) is 10.0. The fourth-order valence-corrected chi connectivity index (χ4v) is 2.72. The van der Waals surface area contributed by atoms with Gasteiger partial charge < -0.3 is 10.6 Å². The Morgan fingerprint density at radius 3 is 2.45 bits per heavy atom. The summed E-state index contributed by atoms with van der Waals surface area (Å²) in [5.74, 6) is 0.276. The fraction of sp³-hybridized carbons (Fsp3) is 0.154. The van der Waals surface area contributed by atoms with Crippen LogP contribution in [0.15, 0.2) is 47.5 Å². The lowest BCUT2D eigenvalue weighted by atomic mass is 10.2. The summed E-state index contributed by atoms with van der Waals surface area (Å²) in [7, 11) is 0.00945. The maximum atomic E-state index is 12.3. The van der Waals surface area contributed by atoms with Crippen LogP contribution in [0.4, 0.5) is 17.2 Å². The van der Waals surface area contributed by atoms with Gasteiger partial charge in [-0.3, -0.25) is 4.72 Å². The molecule has 20 heavy (non-hydrogen) atoms. The molecule has 1 aromatic carbocycles. The van der Waals surface area contributed by atoms with Crippen molar-refractivity contribution in [3.05, 3.63) is 42.6 Å². The number of nitrogens with two attached hydrogens (primary N) is 1. The molecule has 0 saturated heterocycles. The molecule has 0 fully saturated rings. The van der Waals surface area contributed by atoms with Gasteiger partial charge in [0.2, 0.25) is 0 Å². The van der Waals surface area contributed by atoms with Crippen LogP contribution in [-0.4, -0.2) is 27.5 Å². The molecule has 0 aliphatic carbocycles. The molecule has 0 amide bonds. The Labute approximate surface area is 118 Å². The first-order valence-corrected chi connectivity index (χ1v) is 7.39. The van der Waals surface area contributed by atoms with Crippen LogP contribution in [0.25, 0.3) is 0 Å². The molecule has 1 heterocycles. The summed E-state index contributed by atoms with van der Waals surface area (Å²) in [6.07, 6.45) is 1.23. The molecule has 0 saturated carbocycles. The Balaban J connectivity index is 2.36. The van der Waals surface area contributed by atoms with Crippen molar-refractivity contribution in [3.8, 4) is 0 Å². The van der Waals surface area contributed by atoms with Crippen LogP contribution < -0.4 is 15.4 Å². The number of anilines is 3. The molecule has 0 unspecified atom stereocenters. The third-order valence-electron chi connectivity index (χ3n) is 2.70. The zero-order chi connectivity index (χ0) is 14.8. The van der Waals surface area contributed by atoms with Crippen molar-refractivity contribution in [3.63, 3.8) is 0 Å². The predicted octanol–water partition coefficient (Wildman–Crippen LogP) is 1.53. The number of nitrogen functional groups attached to an aromatic ring is 1. The second kappa shape index (κ2) is 5.38. The van der Waals surface area contributed by atoms with E-state index in [1.165, 1.54) is 18.3 Å². The normalized spacial score (nSPS) is 11.1. The molecule has 0 aliphatic heterocycles. The van der Waals surface area contributed by atoms with Crippen LogP contribution in [0.2, 0.25) is 0 Å². The average Bonchev–Trinajstić information content (AvgIpc) is 2.39. The van der Waals surface area contributed by atoms with E-state index in [1.807, 2.05) is 31.1 Å². The second-order valence-electron chi connectivity index (χ2n) is 4.44. The largest absolute Gasteiger partial charge is 0.384 e. The topological polar surface area (TPSA) is 88.3 Å². The number of hydrogen-bond acceptors (Lipinski definition) is 5. The van der Waals surface area contributed by atoms with Crippen LogP contribution >= 0.6 is 0 Å². The Morgan fingerprint density at radius 2 is 1.85 bits per heavy atom. The number of nitrogens with zero attached hydrogens (tertiary/aromatic N) is 2. The summed E-state index contributed by atoms with van der Waals surface area (Å²) in [5.41, 5.74) is 6.74. The number of hydrogen-bond donors (Lipinski definition) is 2. The number of aromatic nitrogens is 1. The van der Waals surface area contributed by atoms with Crippen molar-refractivity contribution in [1.29, 1.82) is 0 Å². The van der Waals surface area contributed by atoms with Crippen LogP contribution in [0.5, 0.6) is 0 Å². The molecule has 6 nitrogen and oxygen atoms in total. The van der Waals surface area contributed by atoms with Crippen molar-refractivity contribution in [2.75, 3.05) is 29.5 Å². The number of sulfonamides is 1. The van der Waals surface area contributed by atoms with E-state index in [-0.39, 0.29) is 10.7 Å². The van der Waals surface area contributed by atoms with Gasteiger partial charge >= 0.3 is 0 Å². The van der Waals surface area contributed by atoms with Gasteiger partial charge in [-0.1, -0.05) is 12.1 Å². The first-order valence-electron chi connectivity index (χ1n) is 5.91. The molecule has 3 N–H and O–H groups in total. The highest BCUT2D eigenvalue weighted by Gasteiger charge is 2.16. The number of nitrogens with one attached hydrogen (secondary N) is 1. The van der Waals surface area contributed by atoms with Gasteiger partial charge in [-0.15, -0.1) is 0 Å². The summed E-state index contributed by atoms with van der Waals surface area (Å²) in [6.45, 7) is 0. The maximum Gasteiger partial charge on any atom is 0.263 e. The lowest BCUT2D eigenvalue weighted by molar-refractivity contribution is 0.601. The molecule has 1 aromatic heterocycles. The summed E-state index contributed by atoms with van der Waals surface area (Å²) in [5, 5.41) is 0. The fourth-order valence-electron chi connectivity index (χ4n) is 1.70. The van der Waals surface area contributed by atoms with E-state index in [9.17, 15) is 8.42 Å². The highest BCUT2D eigenvalue weighted by Crippen LogP contribution is 2.26. The molecule has 0 atom stereocenters. The monoisotopic (exact) mass is 292 g/mol. The SMILES string of the molecule is CN(C)c1ccccc1NS(=O)(=O)c1ccc(N)nc1. The molecular weight excluding hydrogens is 276 g/mol. The van der Waals surface area contributed by atoms with Crippen LogP contribution in [0.3, 0.4) is 0 Å². The minimum atomic E-state index is -3.68. The highest BCUT2D eigenvalue weighted by molar-refractivity contribution is 7.92. The third-order valence-corrected chi connectivity index (χ3v) is 4.05. The van der Waals surface area contributed by atoms with E-state index in [0.717, 1.165) is 5.69 Å². The molecular formula is C13H16N4O2S. The summed E-state index contributed by atoms with van der Waals surface area (Å²) < 4.78 is 27.1. The van der Waals surface area contributed by atoms with E-state index < -0.39 is 10.0 Å². The summed E-state index contributed by atoms with van der Waals surface area (Å²) in [4.78, 5) is 5.69. The molecule has 2 aromatic rings. The van der Waals surface area contributed by atoms with Gasteiger partial charge in [0.05, 0.1) is 11.4 Å². The van der Waals surface area contributed by atoms with Crippen LogP contribution in [0, 0.1) is 0 Å². The zero-order valence-corrected chi connectivity index (χ0v) is 12.1. The van der Waals surface area contributed by atoms with Gasteiger partial charge in [-0.05, 0) is 24.3 Å². The van der Waals surface area contributed by atoms with Crippen molar-refractivity contribution in [1.82, 2.24) is 4.98 Å². The third kappa shape index (κ3) is 3.00. The quantitative estimate of drug-likeness (QED) is 0.892. The van der Waals surface area contributed by atoms with Crippen molar-refractivity contribution in [2.24, 2.45) is 0 Å². The zero-order valence-electron chi connectivity index (χ0n) is 11.2. The molecule has 7 heteroatoms. The maximum absolute atomic E-state index is 12.3. The Hall–Kier alpha value is -2.28. The summed E-state index contributed by atoms with van der Waals surface area (Å²) >= 11 is 0. The van der Waals surface area contributed by atoms with Gasteiger partial charge in [0.25, 0.3) is 10.0 Å². The minimum Gasteiger partial charge on any atom is -0.384 e. The number of para-hydroxylation sites is 2. The molecule has 2 rings (SSSR count). The van der Waals surface area contributed by atoms with Crippen molar-refractivity contribution in [2.45, 2.75) is 4.90 Å². The lowest BCUT2D eigenvalue weighted by Gasteiger charge is -2.18. The Bertz CT molecular complexity index is 697. The van der Waals surface area contributed by atoms with Crippen molar-refractivity contribution >= 4 is 27.2 Å².